The van der Waals surface area contributed by atoms with E-state index in [1.807, 2.05) is 0 Å². The van der Waals surface area contributed by atoms with Gasteiger partial charge >= 0.3 is 0 Å². The van der Waals surface area contributed by atoms with Gasteiger partial charge in [0.25, 0.3) is 0 Å². The second-order valence-corrected chi connectivity index (χ2v) is 11.4. The van der Waals surface area contributed by atoms with E-state index in [1.165, 1.54) is 54.9 Å². The first-order valence-corrected chi connectivity index (χ1v) is 15.4. The summed E-state index contributed by atoms with van der Waals surface area (Å²) in [6.07, 6.45) is 0. The van der Waals surface area contributed by atoms with Crippen LogP contribution in [0.1, 0.15) is 0 Å². The van der Waals surface area contributed by atoms with Crippen molar-refractivity contribution >= 4 is 38.6 Å². The Bertz CT molecular complexity index is 2260. The van der Waals surface area contributed by atoms with Crippen molar-refractivity contribution in [3.63, 3.8) is 0 Å². The van der Waals surface area contributed by atoms with Crippen molar-refractivity contribution in [2.45, 2.75) is 0 Å². The molecule has 0 aliphatic rings. The van der Waals surface area contributed by atoms with Gasteiger partial charge in [-0.2, -0.15) is 0 Å². The molecule has 0 atom stereocenters. The molecule has 0 amide bonds. The van der Waals surface area contributed by atoms with Crippen LogP contribution in [0.3, 0.4) is 0 Å². The number of nitrogens with zero attached hydrogens (tertiary/aromatic N) is 1. The standard InChI is InChI=1S/C44H31N/c1-2-11-32(12-3-1)34-23-25-35(26-24-34)38-17-8-19-41(30-38)45(44-22-10-16-36-14-6-7-21-43(36)44)42-20-9-18-39(31-42)40-28-27-33-13-4-5-15-37(33)29-40/h1-31H. The van der Waals surface area contributed by atoms with Crippen molar-refractivity contribution in [2.75, 3.05) is 4.90 Å². The molecule has 0 N–H and O–H groups in total. The summed E-state index contributed by atoms with van der Waals surface area (Å²) in [5.41, 5.74) is 10.6. The summed E-state index contributed by atoms with van der Waals surface area (Å²) in [6, 6.07) is 67.7. The van der Waals surface area contributed by atoms with Crippen molar-refractivity contribution in [2.24, 2.45) is 0 Å². The molecule has 1 heteroatoms. The van der Waals surface area contributed by atoms with Gasteiger partial charge in [-0.15, -0.1) is 0 Å². The van der Waals surface area contributed by atoms with Crippen molar-refractivity contribution < 1.29 is 0 Å². The predicted octanol–water partition coefficient (Wildman–Crippen LogP) is 12.5. The average Bonchev–Trinajstić information content (AvgIpc) is 3.12. The van der Waals surface area contributed by atoms with Crippen LogP contribution in [0.25, 0.3) is 54.9 Å². The van der Waals surface area contributed by atoms with Gasteiger partial charge in [0.1, 0.15) is 0 Å². The summed E-state index contributed by atoms with van der Waals surface area (Å²) < 4.78 is 0. The molecule has 0 bridgehead atoms. The summed E-state index contributed by atoms with van der Waals surface area (Å²) in [5, 5.41) is 4.94. The topological polar surface area (TPSA) is 3.24 Å². The van der Waals surface area contributed by atoms with E-state index in [9.17, 15) is 0 Å². The molecule has 0 saturated heterocycles. The number of anilines is 3. The van der Waals surface area contributed by atoms with Crippen LogP contribution in [-0.4, -0.2) is 0 Å². The van der Waals surface area contributed by atoms with E-state index >= 15 is 0 Å². The Morgan fingerprint density at radius 3 is 1.47 bits per heavy atom. The van der Waals surface area contributed by atoms with Crippen LogP contribution in [0.15, 0.2) is 188 Å². The molecular weight excluding hydrogens is 542 g/mol. The van der Waals surface area contributed by atoms with Gasteiger partial charge in [0.2, 0.25) is 0 Å². The largest absolute Gasteiger partial charge is 0.310 e. The first kappa shape index (κ1) is 26.7. The van der Waals surface area contributed by atoms with E-state index in [-0.39, 0.29) is 0 Å². The normalized spacial score (nSPS) is 11.1. The molecule has 0 unspecified atom stereocenters. The molecular formula is C44H31N. The van der Waals surface area contributed by atoms with E-state index in [1.54, 1.807) is 0 Å². The van der Waals surface area contributed by atoms with Gasteiger partial charge in [-0.25, -0.2) is 0 Å². The van der Waals surface area contributed by atoms with E-state index in [0.717, 1.165) is 17.1 Å². The smallest absolute Gasteiger partial charge is 0.0540 e. The molecule has 0 fully saturated rings. The van der Waals surface area contributed by atoms with Crippen LogP contribution in [0.5, 0.6) is 0 Å². The average molecular weight is 574 g/mol. The quantitative estimate of drug-likeness (QED) is 0.191. The molecule has 0 heterocycles. The highest BCUT2D eigenvalue weighted by Gasteiger charge is 2.17. The molecule has 8 rings (SSSR count). The minimum absolute atomic E-state index is 1.12. The zero-order valence-electron chi connectivity index (χ0n) is 24.8. The SMILES string of the molecule is c1ccc(-c2ccc(-c3cccc(N(c4cccc(-c5ccc6ccccc6c5)c4)c4cccc5ccccc45)c3)cc2)cc1. The van der Waals surface area contributed by atoms with Crippen molar-refractivity contribution in [1.29, 1.82) is 0 Å². The molecule has 0 spiro atoms. The zero-order chi connectivity index (χ0) is 30.0. The fraction of sp³-hybridized carbons (Fsp3) is 0. The minimum Gasteiger partial charge on any atom is -0.310 e. The molecule has 0 radical (unpaired) electrons. The Kier molecular flexibility index (Phi) is 6.90. The summed E-state index contributed by atoms with van der Waals surface area (Å²) in [5.74, 6) is 0. The highest BCUT2D eigenvalue weighted by atomic mass is 15.1. The Labute approximate surface area is 264 Å². The number of hydrogen-bond acceptors (Lipinski definition) is 1. The fourth-order valence-corrected chi connectivity index (χ4v) is 6.33. The monoisotopic (exact) mass is 573 g/mol. The first-order chi connectivity index (χ1) is 22.3. The van der Waals surface area contributed by atoms with Crippen LogP contribution >= 0.6 is 0 Å². The maximum absolute atomic E-state index is 2.40. The number of fused-ring (bicyclic) bond motifs is 2. The van der Waals surface area contributed by atoms with Crippen LogP contribution in [-0.2, 0) is 0 Å². The van der Waals surface area contributed by atoms with Crippen LogP contribution in [0, 0.1) is 0 Å². The Balaban J connectivity index is 1.25. The summed E-state index contributed by atoms with van der Waals surface area (Å²) in [7, 11) is 0. The molecule has 45 heavy (non-hydrogen) atoms. The number of hydrogen-bond donors (Lipinski definition) is 0. The highest BCUT2D eigenvalue weighted by Crippen LogP contribution is 2.41. The number of rotatable bonds is 6. The molecule has 8 aromatic carbocycles. The lowest BCUT2D eigenvalue weighted by molar-refractivity contribution is 1.30. The van der Waals surface area contributed by atoms with E-state index in [0.29, 0.717) is 0 Å². The predicted molar refractivity (Wildman–Crippen MR) is 192 cm³/mol. The Morgan fingerprint density at radius 2 is 0.733 bits per heavy atom. The second-order valence-electron chi connectivity index (χ2n) is 11.4. The Morgan fingerprint density at radius 1 is 0.267 bits per heavy atom. The first-order valence-electron chi connectivity index (χ1n) is 15.4. The highest BCUT2D eigenvalue weighted by molar-refractivity contribution is 5.99. The molecule has 0 saturated carbocycles. The Hall–Kier alpha value is -5.92. The molecule has 0 aliphatic heterocycles. The third-order valence-electron chi connectivity index (χ3n) is 8.62. The minimum atomic E-state index is 1.12. The third-order valence-corrected chi connectivity index (χ3v) is 8.62. The van der Waals surface area contributed by atoms with E-state index in [2.05, 4.69) is 193 Å². The summed E-state index contributed by atoms with van der Waals surface area (Å²) in [6.45, 7) is 0. The third kappa shape index (κ3) is 5.26. The van der Waals surface area contributed by atoms with Crippen molar-refractivity contribution in [3.8, 4) is 33.4 Å². The van der Waals surface area contributed by atoms with Gasteiger partial charge in [-0.3, -0.25) is 0 Å². The van der Waals surface area contributed by atoms with Gasteiger partial charge in [0.15, 0.2) is 0 Å². The van der Waals surface area contributed by atoms with E-state index < -0.39 is 0 Å². The number of benzene rings is 8. The van der Waals surface area contributed by atoms with Gasteiger partial charge in [-0.1, -0.05) is 152 Å². The molecule has 8 aromatic rings. The summed E-state index contributed by atoms with van der Waals surface area (Å²) in [4.78, 5) is 2.40. The maximum Gasteiger partial charge on any atom is 0.0540 e. The lowest BCUT2D eigenvalue weighted by atomic mass is 9.99. The van der Waals surface area contributed by atoms with Crippen LogP contribution in [0.2, 0.25) is 0 Å². The lowest BCUT2D eigenvalue weighted by Gasteiger charge is -2.28. The molecule has 0 aliphatic carbocycles. The van der Waals surface area contributed by atoms with E-state index in [4.69, 9.17) is 0 Å². The lowest BCUT2D eigenvalue weighted by Crippen LogP contribution is -2.10. The van der Waals surface area contributed by atoms with Gasteiger partial charge in [0.05, 0.1) is 5.69 Å². The van der Waals surface area contributed by atoms with Gasteiger partial charge in [-0.05, 0) is 85.9 Å². The van der Waals surface area contributed by atoms with Crippen molar-refractivity contribution in [1.82, 2.24) is 0 Å². The maximum atomic E-state index is 2.40. The van der Waals surface area contributed by atoms with Gasteiger partial charge < -0.3 is 4.90 Å². The second kappa shape index (κ2) is 11.6. The van der Waals surface area contributed by atoms with Crippen molar-refractivity contribution in [3.05, 3.63) is 188 Å². The summed E-state index contributed by atoms with van der Waals surface area (Å²) >= 11 is 0. The fourth-order valence-electron chi connectivity index (χ4n) is 6.33. The van der Waals surface area contributed by atoms with Crippen LogP contribution < -0.4 is 4.90 Å². The molecule has 1 nitrogen and oxygen atoms in total. The molecule has 0 aromatic heterocycles. The molecule has 212 valence electrons. The van der Waals surface area contributed by atoms with Gasteiger partial charge in [0, 0.05) is 16.8 Å². The van der Waals surface area contributed by atoms with Crippen LogP contribution in [0.4, 0.5) is 17.1 Å². The zero-order valence-corrected chi connectivity index (χ0v) is 24.8.